The summed E-state index contributed by atoms with van der Waals surface area (Å²) in [6.07, 6.45) is 4.88. The summed E-state index contributed by atoms with van der Waals surface area (Å²) in [6, 6.07) is 5.36. The number of likely N-dealkylation sites (tertiary alicyclic amines) is 1. The van der Waals surface area contributed by atoms with Gasteiger partial charge in [-0.1, -0.05) is 23.8 Å². The van der Waals surface area contributed by atoms with Gasteiger partial charge >= 0.3 is 12.0 Å². The van der Waals surface area contributed by atoms with E-state index in [1.807, 2.05) is 32.0 Å². The highest BCUT2D eigenvalue weighted by molar-refractivity contribution is 5.95. The fourth-order valence-corrected chi connectivity index (χ4v) is 4.17. The van der Waals surface area contributed by atoms with Gasteiger partial charge in [-0.05, 0) is 57.6 Å². The predicted octanol–water partition coefficient (Wildman–Crippen LogP) is 1.93. The zero-order valence-electron chi connectivity index (χ0n) is 17.2. The molecule has 0 saturated carbocycles. The first-order valence-corrected chi connectivity index (χ1v) is 10.4. The maximum Gasteiger partial charge on any atom is 0.338 e. The molecule has 1 saturated heterocycles. The first-order chi connectivity index (χ1) is 13.5. The van der Waals surface area contributed by atoms with Gasteiger partial charge in [0.25, 0.3) is 0 Å². The van der Waals surface area contributed by atoms with Gasteiger partial charge in [0.05, 0.1) is 37.0 Å². The van der Waals surface area contributed by atoms with E-state index in [1.54, 1.807) is 6.92 Å². The number of urea groups is 1. The van der Waals surface area contributed by atoms with Gasteiger partial charge in [0.2, 0.25) is 0 Å². The fourth-order valence-electron chi connectivity index (χ4n) is 4.17. The Morgan fingerprint density at radius 1 is 1.18 bits per heavy atom. The Morgan fingerprint density at radius 3 is 2.57 bits per heavy atom. The second-order valence-electron chi connectivity index (χ2n) is 7.85. The fraction of sp³-hybridized carbons (Fsp3) is 0.545. The van der Waals surface area contributed by atoms with Crippen LogP contribution in [0.3, 0.4) is 0 Å². The molecule has 2 amide bonds. The van der Waals surface area contributed by atoms with Crippen LogP contribution in [0.15, 0.2) is 29.5 Å². The molecule has 2 aliphatic rings. The van der Waals surface area contributed by atoms with E-state index in [1.165, 1.54) is 30.6 Å². The third-order valence-electron chi connectivity index (χ3n) is 5.63. The molecule has 0 radical (unpaired) electrons. The van der Waals surface area contributed by atoms with E-state index in [0.29, 0.717) is 24.4 Å². The van der Waals surface area contributed by atoms with E-state index in [-0.39, 0.29) is 12.0 Å². The molecule has 0 aliphatic carbocycles. The minimum atomic E-state index is -0.492. The van der Waals surface area contributed by atoms with Crippen molar-refractivity contribution in [2.24, 2.45) is 0 Å². The van der Waals surface area contributed by atoms with E-state index in [2.05, 4.69) is 10.6 Å². The zero-order chi connectivity index (χ0) is 20.1. The second-order valence-corrected chi connectivity index (χ2v) is 7.85. The summed E-state index contributed by atoms with van der Waals surface area (Å²) < 4.78 is 5.39. The van der Waals surface area contributed by atoms with E-state index in [9.17, 15) is 9.59 Å². The molecule has 2 aliphatic heterocycles. The van der Waals surface area contributed by atoms with Crippen molar-refractivity contribution >= 4 is 12.0 Å². The van der Waals surface area contributed by atoms with Gasteiger partial charge in [0, 0.05) is 0 Å². The average Bonchev–Trinajstić information content (AvgIpc) is 2.92. The molecule has 1 fully saturated rings. The molecule has 28 heavy (non-hydrogen) atoms. The Bertz CT molecular complexity index is 764. The number of hydrogen-bond acceptors (Lipinski definition) is 3. The molecule has 3 N–H and O–H groups in total. The molecule has 0 bridgehead atoms. The summed E-state index contributed by atoms with van der Waals surface area (Å²) >= 11 is 0. The standard InChI is InChI=1S/C22H31N3O3/c1-4-28-21(26)19-18(14-25-11-7-5-6-8-12-25)23-22(27)24-20(19)17-13-15(2)9-10-16(17)3/h9-10,13,20H,4-8,11-12,14H2,1-3H3,(H2,23,24,27)/p+1/t20-/m0/s1. The van der Waals surface area contributed by atoms with Crippen molar-refractivity contribution in [1.29, 1.82) is 0 Å². The van der Waals surface area contributed by atoms with Crippen molar-refractivity contribution in [2.45, 2.75) is 52.5 Å². The summed E-state index contributed by atoms with van der Waals surface area (Å²) in [5.74, 6) is -0.356. The SMILES string of the molecule is CCOC(=O)C1=C(C[NH+]2CCCCCC2)NC(=O)N[C@H]1c1cc(C)ccc1C. The number of ether oxygens (including phenoxy) is 1. The number of esters is 1. The summed E-state index contributed by atoms with van der Waals surface area (Å²) in [5.41, 5.74) is 4.32. The van der Waals surface area contributed by atoms with Crippen LogP contribution in [0.5, 0.6) is 0 Å². The monoisotopic (exact) mass is 386 g/mol. The summed E-state index contributed by atoms with van der Waals surface area (Å²) in [7, 11) is 0. The minimum Gasteiger partial charge on any atom is -0.463 e. The molecule has 0 aromatic heterocycles. The van der Waals surface area contributed by atoms with E-state index >= 15 is 0 Å². The minimum absolute atomic E-state index is 0.261. The first-order valence-electron chi connectivity index (χ1n) is 10.4. The molecule has 152 valence electrons. The van der Waals surface area contributed by atoms with Crippen LogP contribution in [0.1, 0.15) is 55.3 Å². The van der Waals surface area contributed by atoms with Crippen LogP contribution in [0, 0.1) is 13.8 Å². The summed E-state index contributed by atoms with van der Waals surface area (Å²) in [4.78, 5) is 26.8. The summed E-state index contributed by atoms with van der Waals surface area (Å²) in [5, 5.41) is 5.87. The van der Waals surface area contributed by atoms with Gasteiger partial charge in [0.15, 0.2) is 0 Å². The smallest absolute Gasteiger partial charge is 0.338 e. The molecule has 2 heterocycles. The lowest BCUT2D eigenvalue weighted by molar-refractivity contribution is -0.894. The normalized spacial score (nSPS) is 21.0. The topological polar surface area (TPSA) is 71.9 Å². The largest absolute Gasteiger partial charge is 0.463 e. The Labute approximate surface area is 167 Å². The number of quaternary nitrogens is 1. The van der Waals surface area contributed by atoms with E-state index < -0.39 is 6.04 Å². The molecule has 0 unspecified atom stereocenters. The number of carbonyl (C=O) groups is 2. The van der Waals surface area contributed by atoms with Crippen molar-refractivity contribution in [2.75, 3.05) is 26.2 Å². The van der Waals surface area contributed by atoms with Crippen molar-refractivity contribution in [1.82, 2.24) is 10.6 Å². The average molecular weight is 387 g/mol. The maximum absolute atomic E-state index is 12.9. The van der Waals surface area contributed by atoms with Crippen LogP contribution in [0.2, 0.25) is 0 Å². The van der Waals surface area contributed by atoms with Crippen LogP contribution >= 0.6 is 0 Å². The highest BCUT2D eigenvalue weighted by Gasteiger charge is 2.36. The maximum atomic E-state index is 12.9. The lowest BCUT2D eigenvalue weighted by Crippen LogP contribution is -3.12. The van der Waals surface area contributed by atoms with Crippen LogP contribution in [0.4, 0.5) is 4.79 Å². The summed E-state index contributed by atoms with van der Waals surface area (Å²) in [6.45, 7) is 8.91. The highest BCUT2D eigenvalue weighted by Crippen LogP contribution is 2.30. The lowest BCUT2D eigenvalue weighted by Gasteiger charge is -2.31. The molecule has 1 atom stereocenters. The third-order valence-corrected chi connectivity index (χ3v) is 5.63. The van der Waals surface area contributed by atoms with Crippen LogP contribution in [0.25, 0.3) is 0 Å². The lowest BCUT2D eigenvalue weighted by atomic mass is 9.91. The molecule has 1 aromatic carbocycles. The molecule has 6 heteroatoms. The number of hydrogen-bond donors (Lipinski definition) is 3. The van der Waals surface area contributed by atoms with Crippen molar-refractivity contribution < 1.29 is 19.2 Å². The zero-order valence-corrected chi connectivity index (χ0v) is 17.2. The number of rotatable bonds is 5. The van der Waals surface area contributed by atoms with E-state index in [4.69, 9.17) is 4.74 Å². The van der Waals surface area contributed by atoms with Crippen LogP contribution in [-0.2, 0) is 9.53 Å². The Kier molecular flexibility index (Phi) is 6.73. The Hall–Kier alpha value is -2.34. The molecule has 3 rings (SSSR count). The van der Waals surface area contributed by atoms with Gasteiger partial charge in [0.1, 0.15) is 6.54 Å². The van der Waals surface area contributed by atoms with Crippen LogP contribution < -0.4 is 15.5 Å². The van der Waals surface area contributed by atoms with Gasteiger partial charge in [-0.3, -0.25) is 0 Å². The van der Waals surface area contributed by atoms with E-state index in [0.717, 1.165) is 29.8 Å². The highest BCUT2D eigenvalue weighted by atomic mass is 16.5. The molecule has 0 spiro atoms. The van der Waals surface area contributed by atoms with Gasteiger partial charge in [-0.2, -0.15) is 0 Å². The number of carbonyl (C=O) groups excluding carboxylic acids is 2. The predicted molar refractivity (Wildman–Crippen MR) is 108 cm³/mol. The van der Waals surface area contributed by atoms with Crippen molar-refractivity contribution in [3.05, 3.63) is 46.2 Å². The number of amides is 2. The van der Waals surface area contributed by atoms with Gasteiger partial charge in [-0.15, -0.1) is 0 Å². The molecular formula is C22H32N3O3+. The van der Waals surface area contributed by atoms with Crippen LogP contribution in [-0.4, -0.2) is 38.2 Å². The second kappa shape index (κ2) is 9.24. The van der Waals surface area contributed by atoms with Crippen molar-refractivity contribution in [3.63, 3.8) is 0 Å². The molecule has 1 aromatic rings. The Morgan fingerprint density at radius 2 is 1.89 bits per heavy atom. The quantitative estimate of drug-likeness (QED) is 0.677. The Balaban J connectivity index is 2.02. The number of nitrogens with one attached hydrogen (secondary N) is 3. The number of benzene rings is 1. The third kappa shape index (κ3) is 4.73. The number of aryl methyl sites for hydroxylation is 2. The first kappa shape index (κ1) is 20.4. The molecular weight excluding hydrogens is 354 g/mol. The van der Waals surface area contributed by atoms with Crippen molar-refractivity contribution in [3.8, 4) is 0 Å². The van der Waals surface area contributed by atoms with Gasteiger partial charge < -0.3 is 20.3 Å². The van der Waals surface area contributed by atoms with Gasteiger partial charge in [-0.25, -0.2) is 9.59 Å². The molecule has 6 nitrogen and oxygen atoms in total.